The van der Waals surface area contributed by atoms with Crippen LogP contribution < -0.4 is 15.8 Å². The maximum Gasteiger partial charge on any atom is 0.266 e. The highest BCUT2D eigenvalue weighted by atomic mass is 32.1. The van der Waals surface area contributed by atoms with Crippen molar-refractivity contribution in [3.05, 3.63) is 71.2 Å². The lowest BCUT2D eigenvalue weighted by Crippen LogP contribution is -2.13. The zero-order valence-electron chi connectivity index (χ0n) is 18.1. The Labute approximate surface area is 201 Å². The number of benzene rings is 1. The van der Waals surface area contributed by atoms with Gasteiger partial charge in [0.25, 0.3) is 5.91 Å². The molecule has 3 N–H and O–H groups in total. The number of hydrogen-bond donors (Lipinski definition) is 2. The van der Waals surface area contributed by atoms with E-state index in [1.54, 1.807) is 54.3 Å². The Morgan fingerprint density at radius 3 is 2.66 bits per heavy atom. The maximum absolute atomic E-state index is 14.3. The van der Waals surface area contributed by atoms with Crippen molar-refractivity contribution < 1.29 is 13.9 Å². The highest BCUT2D eigenvalue weighted by molar-refractivity contribution is 7.17. The van der Waals surface area contributed by atoms with E-state index in [2.05, 4.69) is 25.4 Å². The minimum Gasteiger partial charge on any atom is -0.497 e. The average molecular weight is 486 g/mol. The number of halogens is 1. The second kappa shape index (κ2) is 8.81. The summed E-state index contributed by atoms with van der Waals surface area (Å²) in [6.45, 7) is 0. The lowest BCUT2D eigenvalue weighted by molar-refractivity contribution is 0.103. The van der Waals surface area contributed by atoms with Crippen LogP contribution in [-0.2, 0) is 0 Å². The first-order valence-electron chi connectivity index (χ1n) is 10.1. The third-order valence-electron chi connectivity index (χ3n) is 5.03. The molecule has 0 aliphatic heterocycles. The molecule has 4 aromatic heterocycles. The van der Waals surface area contributed by atoms with Gasteiger partial charge in [-0.25, -0.2) is 24.0 Å². The van der Waals surface area contributed by atoms with E-state index in [0.29, 0.717) is 32.3 Å². The predicted octanol–water partition coefficient (Wildman–Crippen LogP) is 3.79. The Morgan fingerprint density at radius 1 is 1.20 bits per heavy atom. The van der Waals surface area contributed by atoms with Crippen LogP contribution in [0.25, 0.3) is 28.1 Å². The quantitative estimate of drug-likeness (QED) is 0.382. The number of fused-ring (bicyclic) bond motifs is 1. The fraction of sp³-hybridized carbons (Fsp3) is 0.0435. The molecule has 0 aliphatic carbocycles. The first kappa shape index (κ1) is 21.9. The number of nitrogens with two attached hydrogens (primary N) is 1. The second-order valence-electron chi connectivity index (χ2n) is 7.21. The average Bonchev–Trinajstić information content (AvgIpc) is 3.50. The van der Waals surface area contributed by atoms with E-state index in [1.165, 1.54) is 12.4 Å². The third-order valence-corrected chi connectivity index (χ3v) is 5.95. The Kier molecular flexibility index (Phi) is 5.52. The summed E-state index contributed by atoms with van der Waals surface area (Å²) < 4.78 is 21.1. The molecule has 5 rings (SSSR count). The molecule has 10 nitrogen and oxygen atoms in total. The molecule has 35 heavy (non-hydrogen) atoms. The first-order valence-corrected chi connectivity index (χ1v) is 10.9. The minimum absolute atomic E-state index is 0.0876. The fourth-order valence-corrected chi connectivity index (χ4v) is 4.00. The SMILES string of the molecule is COc1ccc(-n2ncc3c(NC(=O)c4ccc(N)s4)nc(-c4cnc(C#N)c(F)c4)nc32)cc1. The van der Waals surface area contributed by atoms with Gasteiger partial charge >= 0.3 is 0 Å². The second-order valence-corrected chi connectivity index (χ2v) is 8.33. The van der Waals surface area contributed by atoms with Crippen molar-refractivity contribution in [2.45, 2.75) is 0 Å². The number of carbonyl (C=O) groups is 1. The van der Waals surface area contributed by atoms with Gasteiger partial charge in [-0.2, -0.15) is 10.4 Å². The van der Waals surface area contributed by atoms with E-state index >= 15 is 0 Å². The smallest absolute Gasteiger partial charge is 0.266 e. The highest BCUT2D eigenvalue weighted by Gasteiger charge is 2.19. The summed E-state index contributed by atoms with van der Waals surface area (Å²) in [5, 5.41) is 17.1. The van der Waals surface area contributed by atoms with Crippen LogP contribution in [-0.4, -0.2) is 37.7 Å². The Morgan fingerprint density at radius 2 is 2.00 bits per heavy atom. The number of aromatic nitrogens is 5. The largest absolute Gasteiger partial charge is 0.497 e. The molecule has 4 heterocycles. The molecule has 0 saturated heterocycles. The molecule has 172 valence electrons. The number of hydrogen-bond acceptors (Lipinski definition) is 9. The van der Waals surface area contributed by atoms with Crippen LogP contribution >= 0.6 is 11.3 Å². The zero-order chi connectivity index (χ0) is 24.5. The topological polar surface area (TPSA) is 145 Å². The summed E-state index contributed by atoms with van der Waals surface area (Å²) in [4.78, 5) is 26.1. The zero-order valence-corrected chi connectivity index (χ0v) is 18.9. The lowest BCUT2D eigenvalue weighted by atomic mass is 10.2. The van der Waals surface area contributed by atoms with Crippen molar-refractivity contribution in [2.24, 2.45) is 0 Å². The summed E-state index contributed by atoms with van der Waals surface area (Å²) in [7, 11) is 1.57. The molecule has 1 aromatic carbocycles. The molecule has 0 unspecified atom stereocenters. The standard InChI is InChI=1S/C23H15FN8O2S/c1-34-14-4-2-13(3-5-14)32-22-15(11-28-32)21(31-23(33)18-6-7-19(26)35-18)29-20(30-22)12-8-16(24)17(9-25)27-10-12/h2-8,10-11H,26H2,1H3,(H,29,30,31,33). The van der Waals surface area contributed by atoms with E-state index in [9.17, 15) is 9.18 Å². The molecule has 12 heteroatoms. The van der Waals surface area contributed by atoms with Crippen LogP contribution in [0.15, 0.2) is 54.9 Å². The number of amides is 1. The van der Waals surface area contributed by atoms with E-state index in [-0.39, 0.29) is 22.9 Å². The van der Waals surface area contributed by atoms with Crippen molar-refractivity contribution >= 4 is 39.1 Å². The molecule has 0 fully saturated rings. The van der Waals surface area contributed by atoms with Gasteiger partial charge < -0.3 is 15.8 Å². The van der Waals surface area contributed by atoms with E-state index in [0.717, 1.165) is 17.4 Å². The van der Waals surface area contributed by atoms with E-state index in [1.807, 2.05) is 0 Å². The number of pyridine rings is 1. The molecule has 0 bridgehead atoms. The lowest BCUT2D eigenvalue weighted by Gasteiger charge is -2.09. The number of methoxy groups -OCH3 is 1. The monoisotopic (exact) mass is 486 g/mol. The number of nitrogen functional groups attached to an aromatic ring is 1. The van der Waals surface area contributed by atoms with Gasteiger partial charge in [-0.05, 0) is 42.5 Å². The third kappa shape index (κ3) is 4.11. The van der Waals surface area contributed by atoms with Crippen molar-refractivity contribution in [1.29, 1.82) is 5.26 Å². The summed E-state index contributed by atoms with van der Waals surface area (Å²) in [6, 6.07) is 13.2. The van der Waals surface area contributed by atoms with E-state index in [4.69, 9.17) is 15.7 Å². The van der Waals surface area contributed by atoms with Crippen LogP contribution in [0.4, 0.5) is 15.2 Å². The number of carbonyl (C=O) groups excluding carboxylic acids is 1. The number of nitrogens with zero attached hydrogens (tertiary/aromatic N) is 6. The summed E-state index contributed by atoms with van der Waals surface area (Å²) in [6.07, 6.45) is 2.82. The highest BCUT2D eigenvalue weighted by Crippen LogP contribution is 2.28. The van der Waals surface area contributed by atoms with Gasteiger partial charge in [0.15, 0.2) is 23.0 Å². The molecular formula is C23H15FN8O2S. The molecular weight excluding hydrogens is 471 g/mol. The normalized spacial score (nSPS) is 10.8. The number of anilines is 2. The van der Waals surface area contributed by atoms with Crippen LogP contribution in [0.1, 0.15) is 15.4 Å². The molecule has 5 aromatic rings. The van der Waals surface area contributed by atoms with Crippen LogP contribution in [0.3, 0.4) is 0 Å². The number of ether oxygens (including phenoxy) is 1. The Balaban J connectivity index is 1.66. The first-order chi connectivity index (χ1) is 17.0. The van der Waals surface area contributed by atoms with Gasteiger partial charge in [-0.15, -0.1) is 11.3 Å². The summed E-state index contributed by atoms with van der Waals surface area (Å²) in [5.41, 5.74) is 6.68. The van der Waals surface area contributed by atoms with Gasteiger partial charge in [-0.3, -0.25) is 4.79 Å². The molecule has 0 spiro atoms. The molecule has 0 saturated carbocycles. The van der Waals surface area contributed by atoms with Crippen LogP contribution in [0.2, 0.25) is 0 Å². The van der Waals surface area contributed by atoms with Crippen molar-refractivity contribution in [2.75, 3.05) is 18.2 Å². The van der Waals surface area contributed by atoms with Crippen molar-refractivity contribution in [3.63, 3.8) is 0 Å². The minimum atomic E-state index is -0.808. The maximum atomic E-state index is 14.3. The molecule has 1 amide bonds. The summed E-state index contributed by atoms with van der Waals surface area (Å²) in [5.74, 6) is -0.296. The Bertz CT molecular complexity index is 1620. The van der Waals surface area contributed by atoms with Gasteiger partial charge in [0, 0.05) is 11.8 Å². The molecule has 0 aliphatic rings. The van der Waals surface area contributed by atoms with Gasteiger partial charge in [0.1, 0.15) is 17.6 Å². The van der Waals surface area contributed by atoms with Gasteiger partial charge in [0.05, 0.1) is 34.3 Å². The number of nitrogens with one attached hydrogen (secondary N) is 1. The van der Waals surface area contributed by atoms with Crippen molar-refractivity contribution in [3.8, 4) is 28.9 Å². The van der Waals surface area contributed by atoms with Gasteiger partial charge in [-0.1, -0.05) is 0 Å². The number of nitriles is 1. The van der Waals surface area contributed by atoms with Crippen molar-refractivity contribution in [1.82, 2.24) is 24.7 Å². The van der Waals surface area contributed by atoms with Crippen LogP contribution in [0, 0.1) is 17.1 Å². The number of rotatable bonds is 5. The Hall–Kier alpha value is -4.89. The fourth-order valence-electron chi connectivity index (χ4n) is 3.33. The van der Waals surface area contributed by atoms with Gasteiger partial charge in [0.2, 0.25) is 0 Å². The molecule has 0 radical (unpaired) electrons. The predicted molar refractivity (Wildman–Crippen MR) is 128 cm³/mol. The van der Waals surface area contributed by atoms with Crippen LogP contribution in [0.5, 0.6) is 5.75 Å². The number of thiophene rings is 1. The van der Waals surface area contributed by atoms with E-state index < -0.39 is 11.7 Å². The molecule has 0 atom stereocenters. The summed E-state index contributed by atoms with van der Waals surface area (Å²) >= 11 is 1.13.